The molecule has 80 valence electrons. The molecule has 0 saturated carbocycles. The molecule has 2 unspecified atom stereocenters. The number of hydrogen-bond donors (Lipinski definition) is 0. The minimum absolute atomic E-state index is 0.183. The molecule has 1 saturated heterocycles. The lowest BCUT2D eigenvalue weighted by molar-refractivity contribution is 0.00195. The number of benzene rings is 1. The predicted molar refractivity (Wildman–Crippen MR) is 58.5 cm³/mol. The van der Waals surface area contributed by atoms with Crippen molar-refractivity contribution in [3.05, 3.63) is 30.3 Å². The van der Waals surface area contributed by atoms with Crippen LogP contribution in [0, 0.1) is 0 Å². The number of rotatable bonds is 2. The summed E-state index contributed by atoms with van der Waals surface area (Å²) in [7, 11) is -0.578. The average Bonchev–Trinajstić information content (AvgIpc) is 2.17. The summed E-state index contributed by atoms with van der Waals surface area (Å²) < 4.78 is 16.6. The maximum atomic E-state index is 5.55. The van der Waals surface area contributed by atoms with E-state index in [9.17, 15) is 0 Å². The molecule has 3 nitrogen and oxygen atoms in total. The van der Waals surface area contributed by atoms with Gasteiger partial charge in [-0.15, -0.1) is 0 Å². The third-order valence-corrected chi connectivity index (χ3v) is 2.33. The maximum Gasteiger partial charge on any atom is 0.713 e. The van der Waals surface area contributed by atoms with Crippen LogP contribution in [0.5, 0.6) is 5.75 Å². The topological polar surface area (TPSA) is 27.7 Å². The van der Waals surface area contributed by atoms with Gasteiger partial charge in [0.2, 0.25) is 0 Å². The van der Waals surface area contributed by atoms with Crippen molar-refractivity contribution in [1.29, 1.82) is 0 Å². The van der Waals surface area contributed by atoms with Gasteiger partial charge in [-0.2, -0.15) is 0 Å². The standard InChI is InChI=1S/C11H15BO3/c1-9-8-10(2)14-12(13-9)15-11-6-4-3-5-7-11/h3-7,9-10H,8H2,1-2H3. The Morgan fingerprint density at radius 2 is 1.73 bits per heavy atom. The quantitative estimate of drug-likeness (QED) is 0.694. The van der Waals surface area contributed by atoms with E-state index in [0.29, 0.717) is 0 Å². The van der Waals surface area contributed by atoms with Crippen LogP contribution < -0.4 is 4.65 Å². The van der Waals surface area contributed by atoms with Crippen LogP contribution in [0.25, 0.3) is 0 Å². The molecule has 2 atom stereocenters. The van der Waals surface area contributed by atoms with E-state index >= 15 is 0 Å². The normalized spacial score (nSPS) is 26.4. The second-order valence-corrected chi connectivity index (χ2v) is 3.85. The molecule has 4 heteroatoms. The summed E-state index contributed by atoms with van der Waals surface area (Å²) in [5, 5.41) is 0. The van der Waals surface area contributed by atoms with E-state index < -0.39 is 7.32 Å². The summed E-state index contributed by atoms with van der Waals surface area (Å²) in [6.45, 7) is 4.06. The Kier molecular flexibility index (Phi) is 3.28. The first-order valence-corrected chi connectivity index (χ1v) is 5.26. The van der Waals surface area contributed by atoms with Gasteiger partial charge in [0, 0.05) is 12.2 Å². The average molecular weight is 206 g/mol. The van der Waals surface area contributed by atoms with Gasteiger partial charge >= 0.3 is 7.32 Å². The summed E-state index contributed by atoms with van der Waals surface area (Å²) in [4.78, 5) is 0. The molecule has 2 rings (SSSR count). The van der Waals surface area contributed by atoms with E-state index in [0.717, 1.165) is 12.2 Å². The smallest absolute Gasteiger partial charge is 0.512 e. The molecule has 0 aromatic heterocycles. The minimum Gasteiger partial charge on any atom is -0.512 e. The van der Waals surface area contributed by atoms with Gasteiger partial charge in [-0.25, -0.2) is 0 Å². The summed E-state index contributed by atoms with van der Waals surface area (Å²) in [6.07, 6.45) is 1.28. The van der Waals surface area contributed by atoms with Crippen LogP contribution in [0.3, 0.4) is 0 Å². The van der Waals surface area contributed by atoms with Gasteiger partial charge < -0.3 is 14.0 Å². The molecular formula is C11H15BO3. The van der Waals surface area contributed by atoms with E-state index in [1.54, 1.807) is 0 Å². The van der Waals surface area contributed by atoms with Crippen molar-refractivity contribution in [1.82, 2.24) is 0 Å². The molecular weight excluding hydrogens is 191 g/mol. The molecule has 1 heterocycles. The Morgan fingerprint density at radius 1 is 1.13 bits per heavy atom. The van der Waals surface area contributed by atoms with E-state index in [1.165, 1.54) is 0 Å². The highest BCUT2D eigenvalue weighted by atomic mass is 16.7. The molecule has 0 bridgehead atoms. The summed E-state index contributed by atoms with van der Waals surface area (Å²) >= 11 is 0. The molecule has 1 aliphatic rings. The first-order valence-electron chi connectivity index (χ1n) is 5.26. The fourth-order valence-corrected chi connectivity index (χ4v) is 1.66. The van der Waals surface area contributed by atoms with Crippen LogP contribution in [0.2, 0.25) is 0 Å². The molecule has 1 aliphatic heterocycles. The van der Waals surface area contributed by atoms with Gasteiger partial charge in [0.1, 0.15) is 5.75 Å². The highest BCUT2D eigenvalue weighted by molar-refractivity contribution is 6.37. The Bertz CT molecular complexity index is 294. The minimum atomic E-state index is -0.578. The lowest BCUT2D eigenvalue weighted by atomic mass is 10.1. The van der Waals surface area contributed by atoms with Gasteiger partial charge in [-0.3, -0.25) is 0 Å². The van der Waals surface area contributed by atoms with Crippen molar-refractivity contribution < 1.29 is 14.0 Å². The molecule has 0 spiro atoms. The van der Waals surface area contributed by atoms with Gasteiger partial charge in [0.15, 0.2) is 0 Å². The largest absolute Gasteiger partial charge is 0.713 e. The fourth-order valence-electron chi connectivity index (χ4n) is 1.66. The van der Waals surface area contributed by atoms with Gasteiger partial charge in [0.25, 0.3) is 0 Å². The molecule has 15 heavy (non-hydrogen) atoms. The van der Waals surface area contributed by atoms with Crippen molar-refractivity contribution >= 4 is 7.32 Å². The van der Waals surface area contributed by atoms with Crippen LogP contribution in [-0.2, 0) is 9.31 Å². The van der Waals surface area contributed by atoms with E-state index in [1.807, 2.05) is 44.2 Å². The first kappa shape index (κ1) is 10.5. The van der Waals surface area contributed by atoms with E-state index in [2.05, 4.69) is 0 Å². The summed E-state index contributed by atoms with van der Waals surface area (Å²) in [6, 6.07) is 9.56. The molecule has 0 aliphatic carbocycles. The fraction of sp³-hybridized carbons (Fsp3) is 0.455. The Labute approximate surface area is 90.5 Å². The van der Waals surface area contributed by atoms with Crippen LogP contribution in [0.4, 0.5) is 0 Å². The molecule has 0 amide bonds. The zero-order valence-electron chi connectivity index (χ0n) is 9.05. The van der Waals surface area contributed by atoms with Crippen LogP contribution in [0.15, 0.2) is 30.3 Å². The van der Waals surface area contributed by atoms with Crippen LogP contribution >= 0.6 is 0 Å². The molecule has 1 aromatic carbocycles. The van der Waals surface area contributed by atoms with Crippen molar-refractivity contribution in [2.75, 3.05) is 0 Å². The zero-order valence-corrected chi connectivity index (χ0v) is 9.05. The van der Waals surface area contributed by atoms with Gasteiger partial charge in [-0.05, 0) is 32.4 Å². The zero-order chi connectivity index (χ0) is 10.7. The van der Waals surface area contributed by atoms with E-state index in [-0.39, 0.29) is 12.2 Å². The third kappa shape index (κ3) is 2.98. The van der Waals surface area contributed by atoms with Crippen molar-refractivity contribution in [2.24, 2.45) is 0 Å². The maximum absolute atomic E-state index is 5.55. The molecule has 1 aromatic rings. The highest BCUT2D eigenvalue weighted by Crippen LogP contribution is 2.18. The third-order valence-electron chi connectivity index (χ3n) is 2.33. The van der Waals surface area contributed by atoms with Crippen LogP contribution in [-0.4, -0.2) is 19.5 Å². The summed E-state index contributed by atoms with van der Waals surface area (Å²) in [5.74, 6) is 0.767. The Balaban J connectivity index is 1.94. The predicted octanol–water partition coefficient (Wildman–Crippen LogP) is 2.26. The monoisotopic (exact) mass is 206 g/mol. The van der Waals surface area contributed by atoms with Crippen molar-refractivity contribution in [3.63, 3.8) is 0 Å². The molecule has 0 radical (unpaired) electrons. The number of para-hydroxylation sites is 1. The number of hydrogen-bond acceptors (Lipinski definition) is 3. The molecule has 1 fully saturated rings. The second-order valence-electron chi connectivity index (χ2n) is 3.85. The second kappa shape index (κ2) is 4.68. The van der Waals surface area contributed by atoms with Gasteiger partial charge in [-0.1, -0.05) is 18.2 Å². The SMILES string of the molecule is CC1CC(C)OB(Oc2ccccc2)O1. The van der Waals surface area contributed by atoms with Crippen LogP contribution in [0.1, 0.15) is 20.3 Å². The van der Waals surface area contributed by atoms with Crippen molar-refractivity contribution in [3.8, 4) is 5.75 Å². The lowest BCUT2D eigenvalue weighted by Crippen LogP contribution is -2.43. The first-order chi connectivity index (χ1) is 7.24. The molecule has 0 N–H and O–H groups in total. The highest BCUT2D eigenvalue weighted by Gasteiger charge is 2.34. The van der Waals surface area contributed by atoms with Crippen molar-refractivity contribution in [2.45, 2.75) is 32.5 Å². The Hall–Kier alpha value is -0.995. The Morgan fingerprint density at radius 3 is 2.33 bits per heavy atom. The van der Waals surface area contributed by atoms with E-state index in [4.69, 9.17) is 14.0 Å². The van der Waals surface area contributed by atoms with Gasteiger partial charge in [0.05, 0.1) is 0 Å². The summed E-state index contributed by atoms with van der Waals surface area (Å²) in [5.41, 5.74) is 0. The lowest BCUT2D eigenvalue weighted by Gasteiger charge is -2.29.